The molecule has 2 aromatic rings. The second kappa shape index (κ2) is 7.43. The molecule has 5 nitrogen and oxygen atoms in total. The predicted octanol–water partition coefficient (Wildman–Crippen LogP) is 2.82. The Balaban J connectivity index is 1.94. The molecule has 0 fully saturated rings. The first-order valence-electron chi connectivity index (χ1n) is 6.33. The zero-order chi connectivity index (χ0) is 15.1. The Morgan fingerprint density at radius 1 is 1.33 bits per heavy atom. The van der Waals surface area contributed by atoms with Gasteiger partial charge < -0.3 is 15.4 Å². The zero-order valence-electron chi connectivity index (χ0n) is 11.6. The van der Waals surface area contributed by atoms with E-state index in [9.17, 15) is 4.79 Å². The van der Waals surface area contributed by atoms with Gasteiger partial charge in [0.15, 0.2) is 0 Å². The predicted molar refractivity (Wildman–Crippen MR) is 83.3 cm³/mol. The van der Waals surface area contributed by atoms with Crippen molar-refractivity contribution in [2.24, 2.45) is 0 Å². The molecule has 0 unspecified atom stereocenters. The number of methoxy groups -OCH3 is 1. The first-order chi connectivity index (χ1) is 10.2. The van der Waals surface area contributed by atoms with E-state index in [4.69, 9.17) is 10.00 Å². The van der Waals surface area contributed by atoms with E-state index in [1.807, 2.05) is 36.4 Å². The van der Waals surface area contributed by atoms with E-state index in [2.05, 4.69) is 16.7 Å². The summed E-state index contributed by atoms with van der Waals surface area (Å²) in [4.78, 5) is 13.2. The first-order valence-corrected chi connectivity index (χ1v) is 7.14. The average molecular weight is 301 g/mol. The second-order valence-corrected chi connectivity index (χ2v) is 5.46. The molecule has 1 amide bonds. The summed E-state index contributed by atoms with van der Waals surface area (Å²) in [5, 5.41) is 14.8. The first kappa shape index (κ1) is 15.0. The van der Waals surface area contributed by atoms with Gasteiger partial charge in [0.25, 0.3) is 0 Å². The number of nitrogens with zero attached hydrogens (tertiary/aromatic N) is 1. The minimum Gasteiger partial charge on any atom is -0.380 e. The number of benzene rings is 1. The van der Waals surface area contributed by atoms with Gasteiger partial charge in [-0.3, -0.25) is 4.79 Å². The molecule has 2 N–H and O–H groups in total. The van der Waals surface area contributed by atoms with Crippen LogP contribution in [-0.2, 0) is 16.1 Å². The average Bonchev–Trinajstić information content (AvgIpc) is 2.94. The number of nitrogens with one attached hydrogen (secondary N) is 2. The summed E-state index contributed by atoms with van der Waals surface area (Å²) in [6.07, 6.45) is 0. The Morgan fingerprint density at radius 3 is 2.86 bits per heavy atom. The van der Waals surface area contributed by atoms with Crippen LogP contribution in [0.15, 0.2) is 36.4 Å². The van der Waals surface area contributed by atoms with Gasteiger partial charge in [-0.1, -0.05) is 6.07 Å². The maximum atomic E-state index is 11.5. The van der Waals surface area contributed by atoms with Crippen molar-refractivity contribution in [3.63, 3.8) is 0 Å². The molecule has 2 rings (SSSR count). The van der Waals surface area contributed by atoms with Crippen LogP contribution in [0.1, 0.15) is 9.75 Å². The number of rotatable bonds is 6. The van der Waals surface area contributed by atoms with E-state index in [1.165, 1.54) is 18.4 Å². The van der Waals surface area contributed by atoms with Crippen LogP contribution in [0.3, 0.4) is 0 Å². The van der Waals surface area contributed by atoms with Crippen LogP contribution < -0.4 is 10.6 Å². The molecule has 0 aliphatic carbocycles. The standard InChI is InChI=1S/C15H15N3O2S/c1-20-10-15(19)18-12-4-2-3-11(7-12)17-9-14-6-5-13(8-16)21-14/h2-7,17H,9-10H2,1H3,(H,18,19). The number of anilines is 2. The lowest BCUT2D eigenvalue weighted by Crippen LogP contribution is -2.17. The molecule has 1 aromatic carbocycles. The normalized spacial score (nSPS) is 9.90. The van der Waals surface area contributed by atoms with Crippen LogP contribution >= 0.6 is 11.3 Å². The number of thiophene rings is 1. The van der Waals surface area contributed by atoms with Crippen molar-refractivity contribution in [2.75, 3.05) is 24.4 Å². The summed E-state index contributed by atoms with van der Waals surface area (Å²) in [6, 6.07) is 13.3. The maximum absolute atomic E-state index is 11.5. The summed E-state index contributed by atoms with van der Waals surface area (Å²) in [5.74, 6) is -0.188. The summed E-state index contributed by atoms with van der Waals surface area (Å²) in [5.41, 5.74) is 1.61. The SMILES string of the molecule is COCC(=O)Nc1cccc(NCc2ccc(C#N)s2)c1. The molecule has 0 spiro atoms. The highest BCUT2D eigenvalue weighted by atomic mass is 32.1. The van der Waals surface area contributed by atoms with Gasteiger partial charge in [-0.15, -0.1) is 11.3 Å². The third-order valence-corrected chi connectivity index (χ3v) is 3.65. The quantitative estimate of drug-likeness (QED) is 0.860. The van der Waals surface area contributed by atoms with Crippen molar-refractivity contribution in [3.05, 3.63) is 46.2 Å². The lowest BCUT2D eigenvalue weighted by molar-refractivity contribution is -0.119. The molecule has 6 heteroatoms. The molecule has 0 saturated heterocycles. The third-order valence-electron chi connectivity index (χ3n) is 2.66. The van der Waals surface area contributed by atoms with Gasteiger partial charge in [0.1, 0.15) is 17.6 Å². The number of hydrogen-bond donors (Lipinski definition) is 2. The molecule has 0 radical (unpaired) electrons. The van der Waals surface area contributed by atoms with Crippen molar-refractivity contribution < 1.29 is 9.53 Å². The molecule has 0 aliphatic heterocycles. The van der Waals surface area contributed by atoms with Crippen molar-refractivity contribution in [2.45, 2.75) is 6.54 Å². The van der Waals surface area contributed by atoms with Crippen LogP contribution in [-0.4, -0.2) is 19.6 Å². The number of nitriles is 1. The van der Waals surface area contributed by atoms with Crippen molar-refractivity contribution in [1.29, 1.82) is 5.26 Å². The van der Waals surface area contributed by atoms with Crippen molar-refractivity contribution >= 4 is 28.6 Å². The number of carbonyl (C=O) groups excluding carboxylic acids is 1. The van der Waals surface area contributed by atoms with E-state index >= 15 is 0 Å². The van der Waals surface area contributed by atoms with Gasteiger partial charge in [0, 0.05) is 29.9 Å². The van der Waals surface area contributed by atoms with Gasteiger partial charge >= 0.3 is 0 Å². The van der Waals surface area contributed by atoms with Gasteiger partial charge in [-0.2, -0.15) is 5.26 Å². The van der Waals surface area contributed by atoms with E-state index in [0.717, 1.165) is 10.6 Å². The Morgan fingerprint density at radius 2 is 2.14 bits per heavy atom. The molecule has 0 saturated carbocycles. The lowest BCUT2D eigenvalue weighted by Gasteiger charge is -2.08. The highest BCUT2D eigenvalue weighted by molar-refractivity contribution is 7.12. The number of hydrogen-bond acceptors (Lipinski definition) is 5. The largest absolute Gasteiger partial charge is 0.380 e. The maximum Gasteiger partial charge on any atom is 0.250 e. The molecule has 108 valence electrons. The van der Waals surface area contributed by atoms with Crippen LogP contribution in [0.5, 0.6) is 0 Å². The molecule has 1 heterocycles. The van der Waals surface area contributed by atoms with Crippen molar-refractivity contribution in [1.82, 2.24) is 0 Å². The van der Waals surface area contributed by atoms with E-state index < -0.39 is 0 Å². The van der Waals surface area contributed by atoms with Gasteiger partial charge in [0.2, 0.25) is 5.91 Å². The monoisotopic (exact) mass is 301 g/mol. The van der Waals surface area contributed by atoms with Crippen LogP contribution in [0.4, 0.5) is 11.4 Å². The van der Waals surface area contributed by atoms with Gasteiger partial charge in [-0.25, -0.2) is 0 Å². The third kappa shape index (κ3) is 4.60. The Bertz CT molecular complexity index is 661. The van der Waals surface area contributed by atoms with E-state index in [1.54, 1.807) is 0 Å². The summed E-state index contributed by atoms with van der Waals surface area (Å²) < 4.78 is 4.77. The zero-order valence-corrected chi connectivity index (χ0v) is 12.4. The summed E-state index contributed by atoms with van der Waals surface area (Å²) >= 11 is 1.46. The molecular weight excluding hydrogens is 286 g/mol. The molecule has 1 aromatic heterocycles. The minimum absolute atomic E-state index is 0.0315. The van der Waals surface area contributed by atoms with Crippen LogP contribution in [0, 0.1) is 11.3 Å². The van der Waals surface area contributed by atoms with E-state index in [0.29, 0.717) is 17.1 Å². The summed E-state index contributed by atoms with van der Waals surface area (Å²) in [7, 11) is 1.48. The molecular formula is C15H15N3O2S. The van der Waals surface area contributed by atoms with E-state index in [-0.39, 0.29) is 12.5 Å². The minimum atomic E-state index is -0.188. The summed E-state index contributed by atoms with van der Waals surface area (Å²) in [6.45, 7) is 0.672. The van der Waals surface area contributed by atoms with Gasteiger partial charge in [0.05, 0.1) is 0 Å². The number of ether oxygens (including phenoxy) is 1. The fraction of sp³-hybridized carbons (Fsp3) is 0.200. The second-order valence-electron chi connectivity index (χ2n) is 4.29. The van der Waals surface area contributed by atoms with Crippen LogP contribution in [0.25, 0.3) is 0 Å². The highest BCUT2D eigenvalue weighted by Gasteiger charge is 2.03. The topological polar surface area (TPSA) is 74.2 Å². The van der Waals surface area contributed by atoms with Gasteiger partial charge in [-0.05, 0) is 30.3 Å². The number of carbonyl (C=O) groups is 1. The number of amides is 1. The van der Waals surface area contributed by atoms with Crippen molar-refractivity contribution in [3.8, 4) is 6.07 Å². The molecule has 0 bridgehead atoms. The fourth-order valence-corrected chi connectivity index (χ4v) is 2.50. The Kier molecular flexibility index (Phi) is 5.32. The molecule has 0 aliphatic rings. The Hall–Kier alpha value is -2.36. The molecule has 0 atom stereocenters. The molecule has 21 heavy (non-hydrogen) atoms. The van der Waals surface area contributed by atoms with Crippen LogP contribution in [0.2, 0.25) is 0 Å². The lowest BCUT2D eigenvalue weighted by atomic mass is 10.2. The Labute approximate surface area is 127 Å². The smallest absolute Gasteiger partial charge is 0.250 e. The highest BCUT2D eigenvalue weighted by Crippen LogP contribution is 2.19. The fourth-order valence-electron chi connectivity index (χ4n) is 1.76.